The van der Waals surface area contributed by atoms with E-state index >= 15 is 0 Å². The summed E-state index contributed by atoms with van der Waals surface area (Å²) in [6.07, 6.45) is 2.43. The molecule has 7 nitrogen and oxygen atoms in total. The number of nitrogens with one attached hydrogen (secondary N) is 1. The van der Waals surface area contributed by atoms with E-state index in [1.807, 2.05) is 41.8 Å². The second-order valence-corrected chi connectivity index (χ2v) is 7.32. The van der Waals surface area contributed by atoms with Crippen molar-refractivity contribution >= 4 is 22.8 Å². The summed E-state index contributed by atoms with van der Waals surface area (Å²) in [5.74, 6) is -0.267. The number of benzene rings is 1. The zero-order valence-corrected chi connectivity index (χ0v) is 16.1. The summed E-state index contributed by atoms with van der Waals surface area (Å²) in [4.78, 5) is 25.9. The molecule has 1 aromatic carbocycles. The number of thiophene rings is 1. The topological polar surface area (TPSA) is 81.3 Å². The number of rotatable bonds is 6. The molecule has 0 saturated carbocycles. The average molecular weight is 393 g/mol. The minimum absolute atomic E-state index is 0.137. The molecule has 0 unspecified atom stereocenters. The normalized spacial score (nSPS) is 11.0. The molecule has 28 heavy (non-hydrogen) atoms. The zero-order valence-electron chi connectivity index (χ0n) is 15.3. The van der Waals surface area contributed by atoms with Crippen molar-refractivity contribution in [3.8, 4) is 10.6 Å². The number of hydrogen-bond acceptors (Lipinski definition) is 5. The molecule has 0 aliphatic heterocycles. The van der Waals surface area contributed by atoms with Crippen LogP contribution in [0.15, 0.2) is 59.0 Å². The van der Waals surface area contributed by atoms with Crippen LogP contribution in [0, 0.1) is 0 Å². The molecule has 0 atom stereocenters. The van der Waals surface area contributed by atoms with Crippen molar-refractivity contribution in [2.45, 2.75) is 26.4 Å². The van der Waals surface area contributed by atoms with Crippen LogP contribution in [-0.2, 0) is 24.3 Å². The van der Waals surface area contributed by atoms with Crippen molar-refractivity contribution in [2.75, 3.05) is 0 Å². The van der Waals surface area contributed by atoms with Crippen LogP contribution in [0.3, 0.4) is 0 Å². The molecule has 8 heteroatoms. The standard InChI is InChI=1S/C20H19N5O2S/c1-2-14-5-7-15(8-6-14)11-21-19(26)12-24-20(27)17-10-16(18-4-3-9-28-18)23-25(17)13-22-24/h3-10,13H,2,11-12H2,1H3,(H,21,26). The highest BCUT2D eigenvalue weighted by atomic mass is 32.1. The van der Waals surface area contributed by atoms with E-state index in [9.17, 15) is 9.59 Å². The van der Waals surface area contributed by atoms with Gasteiger partial charge in [-0.25, -0.2) is 9.20 Å². The Balaban J connectivity index is 1.47. The predicted octanol–water partition coefficient (Wildman–Crippen LogP) is 2.50. The first-order valence-corrected chi connectivity index (χ1v) is 9.86. The van der Waals surface area contributed by atoms with Gasteiger partial charge in [-0.05, 0) is 35.1 Å². The van der Waals surface area contributed by atoms with Crippen molar-refractivity contribution in [3.63, 3.8) is 0 Å². The number of fused-ring (bicyclic) bond motifs is 1. The molecule has 142 valence electrons. The molecule has 0 bridgehead atoms. The largest absolute Gasteiger partial charge is 0.350 e. The summed E-state index contributed by atoms with van der Waals surface area (Å²) in [5, 5.41) is 13.2. The maximum atomic E-state index is 12.7. The van der Waals surface area contributed by atoms with Gasteiger partial charge in [-0.3, -0.25) is 9.59 Å². The van der Waals surface area contributed by atoms with Gasteiger partial charge < -0.3 is 5.32 Å². The van der Waals surface area contributed by atoms with Crippen molar-refractivity contribution < 1.29 is 4.79 Å². The van der Waals surface area contributed by atoms with Gasteiger partial charge in [0.15, 0.2) is 0 Å². The quantitative estimate of drug-likeness (QED) is 0.546. The van der Waals surface area contributed by atoms with Gasteiger partial charge in [-0.1, -0.05) is 37.3 Å². The van der Waals surface area contributed by atoms with Crippen LogP contribution < -0.4 is 10.9 Å². The molecule has 0 aliphatic rings. The SMILES string of the molecule is CCc1ccc(CNC(=O)Cn2ncn3nc(-c4cccs4)cc3c2=O)cc1. The Morgan fingerprint density at radius 1 is 1.18 bits per heavy atom. The van der Waals surface area contributed by atoms with Crippen molar-refractivity contribution in [2.24, 2.45) is 0 Å². The lowest BCUT2D eigenvalue weighted by Gasteiger charge is -2.07. The summed E-state index contributed by atoms with van der Waals surface area (Å²) in [5.41, 5.74) is 3.02. The van der Waals surface area contributed by atoms with Crippen LogP contribution in [0.5, 0.6) is 0 Å². The van der Waals surface area contributed by atoms with Gasteiger partial charge in [-0.15, -0.1) is 11.3 Å². The first kappa shape index (κ1) is 18.1. The van der Waals surface area contributed by atoms with Gasteiger partial charge in [0.2, 0.25) is 5.91 Å². The summed E-state index contributed by atoms with van der Waals surface area (Å²) < 4.78 is 2.60. The Labute approximate surface area is 165 Å². The van der Waals surface area contributed by atoms with Gasteiger partial charge >= 0.3 is 0 Å². The molecule has 4 rings (SSSR count). The number of amides is 1. The summed E-state index contributed by atoms with van der Waals surface area (Å²) in [6.45, 7) is 2.37. The molecule has 0 aliphatic carbocycles. The van der Waals surface area contributed by atoms with Crippen LogP contribution in [0.25, 0.3) is 16.1 Å². The summed E-state index contributed by atoms with van der Waals surface area (Å²) in [6, 6.07) is 13.7. The number of aromatic nitrogens is 4. The molecule has 0 saturated heterocycles. The third kappa shape index (κ3) is 3.72. The van der Waals surface area contributed by atoms with Crippen LogP contribution in [0.1, 0.15) is 18.1 Å². The Kier molecular flexibility index (Phi) is 5.03. The van der Waals surface area contributed by atoms with E-state index in [0.717, 1.165) is 21.5 Å². The Bertz CT molecular complexity index is 1160. The minimum Gasteiger partial charge on any atom is -0.350 e. The molecule has 1 amide bonds. The molecule has 0 fully saturated rings. The van der Waals surface area contributed by atoms with E-state index in [0.29, 0.717) is 17.8 Å². The third-order valence-electron chi connectivity index (χ3n) is 4.48. The van der Waals surface area contributed by atoms with Crippen molar-refractivity contribution in [3.05, 3.63) is 75.7 Å². The third-order valence-corrected chi connectivity index (χ3v) is 5.37. The Morgan fingerprint density at radius 2 is 1.96 bits per heavy atom. The Morgan fingerprint density at radius 3 is 2.68 bits per heavy atom. The number of aryl methyl sites for hydroxylation is 1. The Hall–Kier alpha value is -3.26. The van der Waals surface area contributed by atoms with Crippen molar-refractivity contribution in [1.82, 2.24) is 24.7 Å². The highest BCUT2D eigenvalue weighted by Crippen LogP contribution is 2.23. The fourth-order valence-electron chi connectivity index (χ4n) is 2.88. The van der Waals surface area contributed by atoms with E-state index < -0.39 is 0 Å². The van der Waals surface area contributed by atoms with E-state index in [1.54, 1.807) is 17.4 Å². The number of carbonyl (C=O) groups is 1. The van der Waals surface area contributed by atoms with Crippen LogP contribution in [-0.4, -0.2) is 25.3 Å². The molecule has 0 radical (unpaired) electrons. The fourth-order valence-corrected chi connectivity index (χ4v) is 3.56. The van der Waals surface area contributed by atoms with E-state index in [2.05, 4.69) is 22.4 Å². The maximum Gasteiger partial charge on any atom is 0.293 e. The molecule has 1 N–H and O–H groups in total. The fraction of sp³-hybridized carbons (Fsp3) is 0.200. The highest BCUT2D eigenvalue weighted by molar-refractivity contribution is 7.13. The first-order valence-electron chi connectivity index (χ1n) is 8.98. The summed E-state index contributed by atoms with van der Waals surface area (Å²) in [7, 11) is 0. The number of nitrogens with zero attached hydrogens (tertiary/aromatic N) is 4. The van der Waals surface area contributed by atoms with Crippen LogP contribution >= 0.6 is 11.3 Å². The van der Waals surface area contributed by atoms with Gasteiger partial charge in [0.05, 0.1) is 4.88 Å². The summed E-state index contributed by atoms with van der Waals surface area (Å²) >= 11 is 1.55. The number of carbonyl (C=O) groups excluding carboxylic acids is 1. The van der Waals surface area contributed by atoms with E-state index in [4.69, 9.17) is 0 Å². The molecule has 3 heterocycles. The minimum atomic E-state index is -0.347. The zero-order chi connectivity index (χ0) is 19.5. The van der Waals surface area contributed by atoms with Gasteiger partial charge in [0.1, 0.15) is 24.1 Å². The van der Waals surface area contributed by atoms with Gasteiger partial charge in [0, 0.05) is 6.54 Å². The molecule has 4 aromatic rings. The molecule has 0 spiro atoms. The first-order chi connectivity index (χ1) is 13.6. The highest BCUT2D eigenvalue weighted by Gasteiger charge is 2.12. The van der Waals surface area contributed by atoms with Crippen LogP contribution in [0.2, 0.25) is 0 Å². The molecule has 3 aromatic heterocycles. The predicted molar refractivity (Wildman–Crippen MR) is 108 cm³/mol. The van der Waals surface area contributed by atoms with Crippen molar-refractivity contribution in [1.29, 1.82) is 0 Å². The van der Waals surface area contributed by atoms with Crippen LogP contribution in [0.4, 0.5) is 0 Å². The smallest absolute Gasteiger partial charge is 0.293 e. The lowest BCUT2D eigenvalue weighted by Crippen LogP contribution is -2.34. The molecular formula is C20H19N5O2S. The number of hydrogen-bond donors (Lipinski definition) is 1. The van der Waals surface area contributed by atoms with Gasteiger partial charge in [0.25, 0.3) is 5.56 Å². The van der Waals surface area contributed by atoms with E-state index in [-0.39, 0.29) is 18.0 Å². The lowest BCUT2D eigenvalue weighted by atomic mass is 10.1. The monoisotopic (exact) mass is 393 g/mol. The lowest BCUT2D eigenvalue weighted by molar-refractivity contribution is -0.122. The second-order valence-electron chi connectivity index (χ2n) is 6.38. The average Bonchev–Trinajstić information content (AvgIpc) is 3.39. The second kappa shape index (κ2) is 7.77. The van der Waals surface area contributed by atoms with E-state index in [1.165, 1.54) is 16.4 Å². The van der Waals surface area contributed by atoms with Gasteiger partial charge in [-0.2, -0.15) is 10.2 Å². The molecular weight excluding hydrogens is 374 g/mol. The maximum absolute atomic E-state index is 12.7.